The minimum absolute atomic E-state index is 0.00531. The first-order chi connectivity index (χ1) is 13.6. The van der Waals surface area contributed by atoms with Gasteiger partial charge in [0.25, 0.3) is 5.91 Å². The van der Waals surface area contributed by atoms with Crippen molar-refractivity contribution in [3.63, 3.8) is 0 Å². The molecule has 7 heteroatoms. The van der Waals surface area contributed by atoms with Gasteiger partial charge in [0.1, 0.15) is 23.9 Å². The quantitative estimate of drug-likeness (QED) is 0.709. The van der Waals surface area contributed by atoms with Gasteiger partial charge in [-0.25, -0.2) is 0 Å². The van der Waals surface area contributed by atoms with Gasteiger partial charge in [-0.1, -0.05) is 11.6 Å². The lowest BCUT2D eigenvalue weighted by Gasteiger charge is -2.34. The van der Waals surface area contributed by atoms with E-state index in [1.807, 2.05) is 29.2 Å². The van der Waals surface area contributed by atoms with E-state index in [1.54, 1.807) is 32.4 Å². The van der Waals surface area contributed by atoms with Gasteiger partial charge in [0.2, 0.25) is 0 Å². The molecule has 2 aromatic rings. The van der Waals surface area contributed by atoms with Crippen molar-refractivity contribution in [2.75, 3.05) is 53.6 Å². The van der Waals surface area contributed by atoms with Gasteiger partial charge in [-0.15, -0.1) is 0 Å². The number of ether oxygens (including phenoxy) is 3. The summed E-state index contributed by atoms with van der Waals surface area (Å²) < 4.78 is 16.3. The molecule has 0 unspecified atom stereocenters. The van der Waals surface area contributed by atoms with Crippen molar-refractivity contribution in [1.82, 2.24) is 9.80 Å². The van der Waals surface area contributed by atoms with Crippen molar-refractivity contribution in [2.24, 2.45) is 0 Å². The van der Waals surface area contributed by atoms with Crippen LogP contribution in [0.1, 0.15) is 10.4 Å². The van der Waals surface area contributed by atoms with Crippen LogP contribution in [-0.2, 0) is 0 Å². The van der Waals surface area contributed by atoms with Crippen molar-refractivity contribution in [2.45, 2.75) is 0 Å². The van der Waals surface area contributed by atoms with E-state index in [-0.39, 0.29) is 5.91 Å². The van der Waals surface area contributed by atoms with E-state index >= 15 is 0 Å². The molecule has 0 aliphatic carbocycles. The Hall–Kier alpha value is -2.44. The second-order valence-electron chi connectivity index (χ2n) is 6.54. The molecule has 0 radical (unpaired) electrons. The Morgan fingerprint density at radius 3 is 2.11 bits per heavy atom. The Balaban J connectivity index is 1.48. The summed E-state index contributed by atoms with van der Waals surface area (Å²) in [6, 6.07) is 12.6. The maximum absolute atomic E-state index is 12.8. The Kier molecular flexibility index (Phi) is 7.01. The highest BCUT2D eigenvalue weighted by Crippen LogP contribution is 2.24. The van der Waals surface area contributed by atoms with Crippen molar-refractivity contribution < 1.29 is 19.0 Å². The van der Waals surface area contributed by atoms with Crippen LogP contribution in [-0.4, -0.2) is 69.3 Å². The van der Waals surface area contributed by atoms with Crippen molar-refractivity contribution in [3.05, 3.63) is 53.1 Å². The molecule has 1 saturated heterocycles. The molecule has 0 atom stereocenters. The van der Waals surface area contributed by atoms with Gasteiger partial charge in [-0.05, 0) is 36.4 Å². The van der Waals surface area contributed by atoms with E-state index in [0.29, 0.717) is 41.8 Å². The standard InChI is InChI=1S/C21H25ClN2O4/c1-26-19-13-16(14-20(15-19)27-2)21(25)24-9-7-23(8-10-24)11-12-28-18-5-3-17(22)4-6-18/h3-6,13-15H,7-12H2,1-2H3. The van der Waals surface area contributed by atoms with Crippen LogP contribution in [0, 0.1) is 0 Å². The van der Waals surface area contributed by atoms with Gasteiger partial charge in [0.15, 0.2) is 0 Å². The van der Waals surface area contributed by atoms with E-state index in [4.69, 9.17) is 25.8 Å². The molecular weight excluding hydrogens is 380 g/mol. The number of benzene rings is 2. The molecule has 6 nitrogen and oxygen atoms in total. The number of halogens is 1. The number of carbonyl (C=O) groups is 1. The van der Waals surface area contributed by atoms with Gasteiger partial charge in [0.05, 0.1) is 14.2 Å². The topological polar surface area (TPSA) is 51.2 Å². The number of piperazine rings is 1. The zero-order chi connectivity index (χ0) is 19.9. The fourth-order valence-electron chi connectivity index (χ4n) is 3.11. The first-order valence-corrected chi connectivity index (χ1v) is 9.60. The number of nitrogens with zero attached hydrogens (tertiary/aromatic N) is 2. The zero-order valence-electron chi connectivity index (χ0n) is 16.2. The van der Waals surface area contributed by atoms with Gasteiger partial charge >= 0.3 is 0 Å². The molecule has 0 saturated carbocycles. The van der Waals surface area contributed by atoms with Crippen molar-refractivity contribution in [3.8, 4) is 17.2 Å². The number of amides is 1. The molecule has 1 aliphatic heterocycles. The van der Waals surface area contributed by atoms with Crippen LogP contribution in [0.15, 0.2) is 42.5 Å². The van der Waals surface area contributed by atoms with Crippen molar-refractivity contribution in [1.29, 1.82) is 0 Å². The first-order valence-electron chi connectivity index (χ1n) is 9.22. The fourth-order valence-corrected chi connectivity index (χ4v) is 3.24. The lowest BCUT2D eigenvalue weighted by molar-refractivity contribution is 0.0619. The summed E-state index contributed by atoms with van der Waals surface area (Å²) in [5.41, 5.74) is 0.579. The van der Waals surface area contributed by atoms with E-state index in [0.717, 1.165) is 25.4 Å². The molecule has 1 amide bonds. The highest BCUT2D eigenvalue weighted by Gasteiger charge is 2.23. The maximum Gasteiger partial charge on any atom is 0.254 e. The van der Waals surface area contributed by atoms with E-state index in [9.17, 15) is 4.79 Å². The molecule has 2 aromatic carbocycles. The molecule has 1 heterocycles. The van der Waals surface area contributed by atoms with E-state index < -0.39 is 0 Å². The highest BCUT2D eigenvalue weighted by atomic mass is 35.5. The smallest absolute Gasteiger partial charge is 0.254 e. The van der Waals surface area contributed by atoms with Crippen LogP contribution < -0.4 is 14.2 Å². The molecule has 0 bridgehead atoms. The number of hydrogen-bond donors (Lipinski definition) is 0. The predicted octanol–water partition coefficient (Wildman–Crippen LogP) is 3.19. The summed E-state index contributed by atoms with van der Waals surface area (Å²) in [6.07, 6.45) is 0. The van der Waals surface area contributed by atoms with E-state index in [1.165, 1.54) is 0 Å². The molecule has 1 aliphatic rings. The normalized spacial score (nSPS) is 14.6. The predicted molar refractivity (Wildman–Crippen MR) is 109 cm³/mol. The molecule has 0 N–H and O–H groups in total. The van der Waals surface area contributed by atoms with E-state index in [2.05, 4.69) is 4.90 Å². The third-order valence-electron chi connectivity index (χ3n) is 4.75. The molecule has 1 fully saturated rings. The zero-order valence-corrected chi connectivity index (χ0v) is 16.9. The highest BCUT2D eigenvalue weighted by molar-refractivity contribution is 6.30. The summed E-state index contributed by atoms with van der Waals surface area (Å²) >= 11 is 5.87. The summed E-state index contributed by atoms with van der Waals surface area (Å²) in [6.45, 7) is 4.41. The molecule has 150 valence electrons. The van der Waals surface area contributed by atoms with Crippen LogP contribution in [0.25, 0.3) is 0 Å². The minimum atomic E-state index is -0.00531. The van der Waals surface area contributed by atoms with Crippen LogP contribution in [0.3, 0.4) is 0 Å². The second kappa shape index (κ2) is 9.66. The fraction of sp³-hybridized carbons (Fsp3) is 0.381. The third-order valence-corrected chi connectivity index (χ3v) is 5.00. The third kappa shape index (κ3) is 5.30. The first kappa shape index (κ1) is 20.3. The summed E-state index contributed by atoms with van der Waals surface area (Å²) in [7, 11) is 3.15. The van der Waals surface area contributed by atoms with Gasteiger partial charge in [-0.2, -0.15) is 0 Å². The second-order valence-corrected chi connectivity index (χ2v) is 6.97. The summed E-state index contributed by atoms with van der Waals surface area (Å²) in [4.78, 5) is 17.0. The molecule has 0 spiro atoms. The number of hydrogen-bond acceptors (Lipinski definition) is 5. The minimum Gasteiger partial charge on any atom is -0.497 e. The average Bonchev–Trinajstić information content (AvgIpc) is 2.74. The van der Waals surface area contributed by atoms with Crippen LogP contribution in [0.5, 0.6) is 17.2 Å². The van der Waals surface area contributed by atoms with Gasteiger partial charge < -0.3 is 19.1 Å². The molecule has 3 rings (SSSR count). The monoisotopic (exact) mass is 404 g/mol. The number of carbonyl (C=O) groups excluding carboxylic acids is 1. The van der Waals surface area contributed by atoms with Gasteiger partial charge in [-0.3, -0.25) is 9.69 Å². The average molecular weight is 405 g/mol. The summed E-state index contributed by atoms with van der Waals surface area (Å²) in [5, 5.41) is 0.696. The lowest BCUT2D eigenvalue weighted by atomic mass is 10.1. The van der Waals surface area contributed by atoms with Crippen molar-refractivity contribution >= 4 is 17.5 Å². The Labute approximate surface area is 170 Å². The maximum atomic E-state index is 12.8. The number of rotatable bonds is 7. The summed E-state index contributed by atoms with van der Waals surface area (Å²) in [5.74, 6) is 2.03. The van der Waals surface area contributed by atoms with Crippen LogP contribution in [0.4, 0.5) is 0 Å². The van der Waals surface area contributed by atoms with Gasteiger partial charge in [0, 0.05) is 49.4 Å². The Bertz CT molecular complexity index is 767. The van der Waals surface area contributed by atoms with Crippen LogP contribution in [0.2, 0.25) is 5.02 Å². The lowest BCUT2D eigenvalue weighted by Crippen LogP contribution is -2.49. The molecule has 28 heavy (non-hydrogen) atoms. The SMILES string of the molecule is COc1cc(OC)cc(C(=O)N2CCN(CCOc3ccc(Cl)cc3)CC2)c1. The largest absolute Gasteiger partial charge is 0.497 e. The molecular formula is C21H25ClN2O4. The Morgan fingerprint density at radius 2 is 1.54 bits per heavy atom. The number of methoxy groups -OCH3 is 2. The molecule has 0 aromatic heterocycles. The van der Waals surface area contributed by atoms with Crippen LogP contribution >= 0.6 is 11.6 Å². The Morgan fingerprint density at radius 1 is 0.929 bits per heavy atom.